The summed E-state index contributed by atoms with van der Waals surface area (Å²) < 4.78 is 7.14. The molecule has 0 aliphatic heterocycles. The minimum Gasteiger partial charge on any atom is -0.442 e. The fourth-order valence-electron chi connectivity index (χ4n) is 3.43. The lowest BCUT2D eigenvalue weighted by Crippen LogP contribution is -2.39. The number of nitrogens with one attached hydrogen (secondary N) is 2. The molecule has 3 aromatic rings. The number of benzene rings is 2. The van der Waals surface area contributed by atoms with E-state index in [4.69, 9.17) is 21.6 Å². The second kappa shape index (κ2) is 10.9. The maximum atomic E-state index is 12.4. The van der Waals surface area contributed by atoms with E-state index >= 15 is 0 Å². The highest BCUT2D eigenvalue weighted by Crippen LogP contribution is 2.30. The van der Waals surface area contributed by atoms with Gasteiger partial charge in [0, 0.05) is 17.8 Å². The lowest BCUT2D eigenvalue weighted by molar-refractivity contribution is 0.0242. The highest BCUT2D eigenvalue weighted by molar-refractivity contribution is 6.32. The second-order valence-corrected chi connectivity index (χ2v) is 7.77. The molecule has 0 saturated carbocycles. The van der Waals surface area contributed by atoms with Crippen LogP contribution in [0.25, 0.3) is 11.1 Å². The van der Waals surface area contributed by atoms with Gasteiger partial charge in [-0.1, -0.05) is 29.8 Å². The first kappa shape index (κ1) is 24.1. The molecule has 3 rings (SSSR count). The van der Waals surface area contributed by atoms with Crippen molar-refractivity contribution in [1.29, 1.82) is 5.26 Å². The van der Waals surface area contributed by atoms with Gasteiger partial charge in [-0.05, 0) is 56.4 Å². The Balaban J connectivity index is 1.82. The molecular weight excluding hydrogens is 442 g/mol. The van der Waals surface area contributed by atoms with E-state index in [-0.39, 0.29) is 5.69 Å². The highest BCUT2D eigenvalue weighted by Gasteiger charge is 2.18. The SMILES string of the molecule is CNCC(NC)OC(=O)c1ccc(Cn2nc(C=O)c(-c3ccc(C#N)c(Cl)c3)c2C)cc1. The minimum atomic E-state index is -0.426. The van der Waals surface area contributed by atoms with E-state index < -0.39 is 12.2 Å². The number of hydrogen-bond donors (Lipinski definition) is 2. The standard InChI is InChI=1S/C24H24ClN5O3/c1-15-23(18-8-9-19(11-26)20(25)10-18)21(14-31)29-30(15)13-16-4-6-17(7-5-16)24(32)33-22(28-3)12-27-2/h4-10,14,22,27-28H,12-13H2,1-3H3. The van der Waals surface area contributed by atoms with E-state index in [1.807, 2.05) is 25.1 Å². The molecule has 0 fully saturated rings. The van der Waals surface area contributed by atoms with Crippen LogP contribution in [-0.4, -0.2) is 48.9 Å². The zero-order chi connectivity index (χ0) is 24.0. The number of esters is 1. The molecule has 0 radical (unpaired) electrons. The number of ether oxygens (including phenoxy) is 1. The van der Waals surface area contributed by atoms with Gasteiger partial charge in [0.25, 0.3) is 0 Å². The fraction of sp³-hybridized carbons (Fsp3) is 0.250. The van der Waals surface area contributed by atoms with Crippen molar-refractivity contribution < 1.29 is 14.3 Å². The van der Waals surface area contributed by atoms with Gasteiger partial charge in [0.15, 0.2) is 12.5 Å². The zero-order valence-electron chi connectivity index (χ0n) is 18.6. The summed E-state index contributed by atoms with van der Waals surface area (Å²) in [5.41, 5.74) is 4.15. The number of nitriles is 1. The van der Waals surface area contributed by atoms with Gasteiger partial charge in [0.05, 0.1) is 22.7 Å². The van der Waals surface area contributed by atoms with Gasteiger partial charge in [-0.2, -0.15) is 10.4 Å². The third-order valence-corrected chi connectivity index (χ3v) is 5.52. The predicted octanol–water partition coefficient (Wildman–Crippen LogP) is 3.17. The van der Waals surface area contributed by atoms with Crippen LogP contribution < -0.4 is 10.6 Å². The van der Waals surface area contributed by atoms with Crippen molar-refractivity contribution in [2.75, 3.05) is 20.6 Å². The molecule has 1 heterocycles. The quantitative estimate of drug-likeness (QED) is 0.284. The smallest absolute Gasteiger partial charge is 0.339 e. The van der Waals surface area contributed by atoms with Crippen molar-refractivity contribution in [2.45, 2.75) is 19.7 Å². The number of likely N-dealkylation sites (N-methyl/N-ethyl adjacent to an activating group) is 2. The van der Waals surface area contributed by atoms with E-state index in [1.165, 1.54) is 0 Å². The summed E-state index contributed by atoms with van der Waals surface area (Å²) in [5.74, 6) is -0.422. The number of aldehydes is 1. The molecule has 0 aliphatic rings. The number of nitrogens with zero attached hydrogens (tertiary/aromatic N) is 3. The van der Waals surface area contributed by atoms with Gasteiger partial charge in [-0.15, -0.1) is 0 Å². The van der Waals surface area contributed by atoms with Crippen molar-refractivity contribution >= 4 is 23.9 Å². The highest BCUT2D eigenvalue weighted by atomic mass is 35.5. The maximum Gasteiger partial charge on any atom is 0.339 e. The summed E-state index contributed by atoms with van der Waals surface area (Å²) in [5, 5.41) is 19.7. The lowest BCUT2D eigenvalue weighted by atomic mass is 10.0. The third-order valence-electron chi connectivity index (χ3n) is 5.21. The Morgan fingerprint density at radius 1 is 1.27 bits per heavy atom. The molecule has 170 valence electrons. The van der Waals surface area contributed by atoms with Crippen molar-refractivity contribution in [2.24, 2.45) is 0 Å². The number of rotatable bonds is 9. The van der Waals surface area contributed by atoms with Gasteiger partial charge in [0.1, 0.15) is 11.8 Å². The molecule has 9 heteroatoms. The summed E-state index contributed by atoms with van der Waals surface area (Å²) in [4.78, 5) is 24.0. The number of hydrogen-bond acceptors (Lipinski definition) is 7. The Labute approximate surface area is 197 Å². The summed E-state index contributed by atoms with van der Waals surface area (Å²) >= 11 is 6.18. The molecular formula is C24H24ClN5O3. The van der Waals surface area contributed by atoms with Gasteiger partial charge >= 0.3 is 5.97 Å². The summed E-state index contributed by atoms with van der Waals surface area (Å²) in [6, 6.07) is 14.1. The Bertz CT molecular complexity index is 1200. The van der Waals surface area contributed by atoms with Crippen LogP contribution in [0.2, 0.25) is 5.02 Å². The molecule has 1 atom stereocenters. The normalized spacial score (nSPS) is 11.6. The van der Waals surface area contributed by atoms with Crippen LogP contribution in [0.4, 0.5) is 0 Å². The second-order valence-electron chi connectivity index (χ2n) is 7.36. The molecule has 0 bridgehead atoms. The Morgan fingerprint density at radius 3 is 2.58 bits per heavy atom. The first-order chi connectivity index (χ1) is 15.9. The van der Waals surface area contributed by atoms with E-state index in [0.717, 1.165) is 11.3 Å². The van der Waals surface area contributed by atoms with Gasteiger partial charge in [-0.3, -0.25) is 14.8 Å². The van der Waals surface area contributed by atoms with Gasteiger partial charge in [0.2, 0.25) is 0 Å². The van der Waals surface area contributed by atoms with Crippen molar-refractivity contribution in [3.63, 3.8) is 0 Å². The van der Waals surface area contributed by atoms with Crippen LogP contribution in [0.1, 0.15) is 37.7 Å². The number of halogens is 1. The number of carbonyl (C=O) groups excluding carboxylic acids is 2. The summed E-state index contributed by atoms with van der Waals surface area (Å²) in [6.45, 7) is 2.77. The van der Waals surface area contributed by atoms with Gasteiger partial charge in [-0.25, -0.2) is 4.79 Å². The largest absolute Gasteiger partial charge is 0.442 e. The van der Waals surface area contributed by atoms with E-state index in [1.54, 1.807) is 49.1 Å². The Kier molecular flexibility index (Phi) is 7.96. The Hall–Kier alpha value is -3.51. The topological polar surface area (TPSA) is 109 Å². The average molecular weight is 466 g/mol. The molecule has 0 aliphatic carbocycles. The van der Waals surface area contributed by atoms with Crippen molar-refractivity contribution in [3.8, 4) is 17.2 Å². The van der Waals surface area contributed by atoms with Crippen molar-refractivity contribution in [1.82, 2.24) is 20.4 Å². The monoisotopic (exact) mass is 465 g/mol. The van der Waals surface area contributed by atoms with E-state index in [0.29, 0.717) is 46.7 Å². The van der Waals surface area contributed by atoms with Gasteiger partial charge < -0.3 is 10.1 Å². The summed E-state index contributed by atoms with van der Waals surface area (Å²) in [6.07, 6.45) is 0.276. The van der Waals surface area contributed by atoms with Crippen LogP contribution in [0.5, 0.6) is 0 Å². The van der Waals surface area contributed by atoms with Crippen molar-refractivity contribution in [3.05, 3.63) is 75.6 Å². The van der Waals surface area contributed by atoms with Crippen LogP contribution >= 0.6 is 11.6 Å². The van der Waals surface area contributed by atoms with E-state index in [2.05, 4.69) is 15.7 Å². The maximum absolute atomic E-state index is 12.4. The van der Waals surface area contributed by atoms with Crippen LogP contribution in [0, 0.1) is 18.3 Å². The first-order valence-electron chi connectivity index (χ1n) is 10.3. The predicted molar refractivity (Wildman–Crippen MR) is 125 cm³/mol. The molecule has 0 spiro atoms. The Morgan fingerprint density at radius 2 is 2.00 bits per heavy atom. The zero-order valence-corrected chi connectivity index (χ0v) is 19.3. The number of carbonyl (C=O) groups is 2. The molecule has 0 saturated heterocycles. The molecule has 2 N–H and O–H groups in total. The number of aromatic nitrogens is 2. The molecule has 8 nitrogen and oxygen atoms in total. The fourth-order valence-corrected chi connectivity index (χ4v) is 3.65. The lowest BCUT2D eigenvalue weighted by Gasteiger charge is -2.16. The van der Waals surface area contributed by atoms with Crippen LogP contribution in [0.3, 0.4) is 0 Å². The van der Waals surface area contributed by atoms with Crippen LogP contribution in [-0.2, 0) is 11.3 Å². The van der Waals surface area contributed by atoms with Crippen LogP contribution in [0.15, 0.2) is 42.5 Å². The average Bonchev–Trinajstić information content (AvgIpc) is 3.14. The molecule has 1 unspecified atom stereocenters. The molecule has 0 amide bonds. The first-order valence-corrected chi connectivity index (χ1v) is 10.6. The molecule has 1 aromatic heterocycles. The summed E-state index contributed by atoms with van der Waals surface area (Å²) in [7, 11) is 3.50. The molecule has 33 heavy (non-hydrogen) atoms. The molecule has 2 aromatic carbocycles. The third kappa shape index (κ3) is 5.46. The van der Waals surface area contributed by atoms with E-state index in [9.17, 15) is 9.59 Å². The minimum absolute atomic E-state index is 0.288.